The van der Waals surface area contributed by atoms with E-state index in [4.69, 9.17) is 0 Å². The Labute approximate surface area is 134 Å². The van der Waals surface area contributed by atoms with Gasteiger partial charge in [0.25, 0.3) is 0 Å². The lowest BCUT2D eigenvalue weighted by Crippen LogP contribution is -2.40. The fourth-order valence-electron chi connectivity index (χ4n) is 2.89. The molecule has 1 aliphatic rings. The lowest BCUT2D eigenvalue weighted by atomic mass is 9.93. The van der Waals surface area contributed by atoms with E-state index in [1.165, 1.54) is 18.3 Å². The molecule has 2 rings (SSSR count). The lowest BCUT2D eigenvalue weighted by molar-refractivity contribution is -0.163. The third-order valence-corrected chi connectivity index (χ3v) is 4.28. The number of carbonyl (C=O) groups is 1. The number of piperidine rings is 1. The van der Waals surface area contributed by atoms with Crippen LogP contribution in [0.15, 0.2) is 24.5 Å². The standard InChI is InChI=1S/C16H22F3N3O/c1-2-22-8-5-12(6-9-22)10-14(23)21-15(16(17,18)19)13-4-3-7-20-11-13/h3-4,7,11-12,15H,2,5-6,8-10H2,1H3,(H,21,23). The molecule has 1 amide bonds. The summed E-state index contributed by atoms with van der Waals surface area (Å²) in [6.07, 6.45) is -0.150. The maximum absolute atomic E-state index is 13.2. The van der Waals surface area contributed by atoms with Crippen LogP contribution in [0.2, 0.25) is 0 Å². The van der Waals surface area contributed by atoms with Crippen molar-refractivity contribution in [2.24, 2.45) is 5.92 Å². The summed E-state index contributed by atoms with van der Waals surface area (Å²) >= 11 is 0. The highest BCUT2D eigenvalue weighted by Gasteiger charge is 2.42. The number of halogens is 3. The van der Waals surface area contributed by atoms with E-state index in [1.807, 2.05) is 0 Å². The molecular weight excluding hydrogens is 307 g/mol. The largest absolute Gasteiger partial charge is 0.412 e. The summed E-state index contributed by atoms with van der Waals surface area (Å²) in [4.78, 5) is 18.0. The molecule has 1 unspecified atom stereocenters. The van der Waals surface area contributed by atoms with Gasteiger partial charge in [-0.05, 0) is 44.5 Å². The van der Waals surface area contributed by atoms with Crippen molar-refractivity contribution in [1.29, 1.82) is 0 Å². The summed E-state index contributed by atoms with van der Waals surface area (Å²) in [7, 11) is 0. The van der Waals surface area contributed by atoms with Gasteiger partial charge in [-0.15, -0.1) is 0 Å². The first-order valence-corrected chi connectivity index (χ1v) is 7.88. The summed E-state index contributed by atoms with van der Waals surface area (Å²) in [5.41, 5.74) is -0.0471. The van der Waals surface area contributed by atoms with Crippen LogP contribution in [0.3, 0.4) is 0 Å². The van der Waals surface area contributed by atoms with Crippen molar-refractivity contribution < 1.29 is 18.0 Å². The molecule has 0 bridgehead atoms. The molecule has 0 aromatic carbocycles. The Morgan fingerprint density at radius 1 is 1.43 bits per heavy atom. The Morgan fingerprint density at radius 2 is 2.13 bits per heavy atom. The van der Waals surface area contributed by atoms with E-state index in [1.54, 1.807) is 0 Å². The molecule has 0 aliphatic carbocycles. The summed E-state index contributed by atoms with van der Waals surface area (Å²) in [6, 6.07) is 0.755. The van der Waals surface area contributed by atoms with Crippen molar-refractivity contribution in [2.45, 2.75) is 38.4 Å². The van der Waals surface area contributed by atoms with Crippen molar-refractivity contribution in [1.82, 2.24) is 15.2 Å². The third kappa shape index (κ3) is 5.20. The molecule has 23 heavy (non-hydrogen) atoms. The maximum atomic E-state index is 13.2. The van der Waals surface area contributed by atoms with Gasteiger partial charge in [0, 0.05) is 24.4 Å². The Hall–Kier alpha value is -1.63. The van der Waals surface area contributed by atoms with E-state index in [9.17, 15) is 18.0 Å². The predicted octanol–water partition coefficient (Wildman–Crippen LogP) is 2.92. The van der Waals surface area contributed by atoms with Gasteiger partial charge in [-0.2, -0.15) is 13.2 Å². The second kappa shape index (κ2) is 7.77. The van der Waals surface area contributed by atoms with Gasteiger partial charge in [-0.25, -0.2) is 0 Å². The third-order valence-electron chi connectivity index (χ3n) is 4.28. The van der Waals surface area contributed by atoms with Crippen LogP contribution in [0.5, 0.6) is 0 Å². The number of pyridine rings is 1. The van der Waals surface area contributed by atoms with Crippen LogP contribution in [-0.2, 0) is 4.79 Å². The summed E-state index contributed by atoms with van der Waals surface area (Å²) in [5.74, 6) is -0.397. The number of amides is 1. The smallest absolute Gasteiger partial charge is 0.341 e. The van der Waals surface area contributed by atoms with Crippen LogP contribution in [0, 0.1) is 5.92 Å². The Balaban J connectivity index is 1.94. The number of nitrogens with one attached hydrogen (secondary N) is 1. The van der Waals surface area contributed by atoms with Gasteiger partial charge in [-0.3, -0.25) is 9.78 Å². The van der Waals surface area contributed by atoms with Gasteiger partial charge in [0.2, 0.25) is 5.91 Å². The van der Waals surface area contributed by atoms with Crippen molar-refractivity contribution in [3.63, 3.8) is 0 Å². The summed E-state index contributed by atoms with van der Waals surface area (Å²) in [5, 5.41) is 2.13. The summed E-state index contributed by atoms with van der Waals surface area (Å²) in [6.45, 7) is 4.85. The van der Waals surface area contributed by atoms with Crippen LogP contribution in [0.4, 0.5) is 13.2 Å². The normalized spacial score (nSPS) is 18.6. The number of hydrogen-bond donors (Lipinski definition) is 1. The lowest BCUT2D eigenvalue weighted by Gasteiger charge is -2.31. The van der Waals surface area contributed by atoms with Gasteiger partial charge in [-0.1, -0.05) is 13.0 Å². The van der Waals surface area contributed by atoms with E-state index in [0.29, 0.717) is 0 Å². The molecule has 128 valence electrons. The fraction of sp³-hybridized carbons (Fsp3) is 0.625. The van der Waals surface area contributed by atoms with Crippen molar-refractivity contribution >= 4 is 5.91 Å². The molecule has 7 heteroatoms. The number of nitrogens with zero attached hydrogens (tertiary/aromatic N) is 2. The van der Waals surface area contributed by atoms with Crippen LogP contribution in [0.1, 0.15) is 37.8 Å². The zero-order valence-corrected chi connectivity index (χ0v) is 13.1. The molecule has 1 aromatic heterocycles. The van der Waals surface area contributed by atoms with Crippen LogP contribution >= 0.6 is 0 Å². The molecule has 4 nitrogen and oxygen atoms in total. The average Bonchev–Trinajstić information content (AvgIpc) is 2.53. The molecule has 1 aromatic rings. The molecular formula is C16H22F3N3O. The first-order valence-electron chi connectivity index (χ1n) is 7.88. The van der Waals surface area contributed by atoms with Crippen LogP contribution in [-0.4, -0.2) is 41.6 Å². The Bertz CT molecular complexity index is 499. The zero-order chi connectivity index (χ0) is 16.9. The number of carbonyl (C=O) groups excluding carboxylic acids is 1. The van der Waals surface area contributed by atoms with Crippen molar-refractivity contribution in [3.8, 4) is 0 Å². The van der Waals surface area contributed by atoms with Crippen molar-refractivity contribution in [3.05, 3.63) is 30.1 Å². The van der Waals surface area contributed by atoms with E-state index >= 15 is 0 Å². The highest BCUT2D eigenvalue weighted by atomic mass is 19.4. The maximum Gasteiger partial charge on any atom is 0.412 e. The fourth-order valence-corrected chi connectivity index (χ4v) is 2.89. The monoisotopic (exact) mass is 329 g/mol. The van der Waals surface area contributed by atoms with Gasteiger partial charge in [0.15, 0.2) is 6.04 Å². The minimum absolute atomic E-state index is 0.0471. The number of alkyl halides is 3. The van der Waals surface area contributed by atoms with Gasteiger partial charge < -0.3 is 10.2 Å². The second-order valence-electron chi connectivity index (χ2n) is 5.91. The SMILES string of the molecule is CCN1CCC(CC(=O)NC(c2cccnc2)C(F)(F)F)CC1. The van der Waals surface area contributed by atoms with Gasteiger partial charge >= 0.3 is 6.18 Å². The average molecular weight is 329 g/mol. The van der Waals surface area contributed by atoms with Gasteiger partial charge in [0.05, 0.1) is 0 Å². The minimum Gasteiger partial charge on any atom is -0.341 e. The Kier molecular flexibility index (Phi) is 5.98. The van der Waals surface area contributed by atoms with Crippen LogP contribution in [0.25, 0.3) is 0 Å². The molecule has 1 fully saturated rings. The number of hydrogen-bond acceptors (Lipinski definition) is 3. The molecule has 1 aliphatic heterocycles. The molecule has 2 heterocycles. The molecule has 0 spiro atoms. The first kappa shape index (κ1) is 17.7. The minimum atomic E-state index is -4.54. The molecule has 1 N–H and O–H groups in total. The quantitative estimate of drug-likeness (QED) is 0.903. The highest BCUT2D eigenvalue weighted by molar-refractivity contribution is 5.76. The number of aromatic nitrogens is 1. The summed E-state index contributed by atoms with van der Waals surface area (Å²) < 4.78 is 39.6. The predicted molar refractivity (Wildman–Crippen MR) is 80.6 cm³/mol. The zero-order valence-electron chi connectivity index (χ0n) is 13.1. The number of rotatable bonds is 5. The van der Waals surface area contributed by atoms with E-state index in [0.717, 1.165) is 38.7 Å². The van der Waals surface area contributed by atoms with Crippen molar-refractivity contribution in [2.75, 3.05) is 19.6 Å². The molecule has 1 saturated heterocycles. The highest BCUT2D eigenvalue weighted by Crippen LogP contribution is 2.32. The molecule has 0 saturated carbocycles. The van der Waals surface area contributed by atoms with Gasteiger partial charge in [0.1, 0.15) is 0 Å². The molecule has 1 atom stereocenters. The topological polar surface area (TPSA) is 45.2 Å². The van der Waals surface area contributed by atoms with Crippen LogP contribution < -0.4 is 5.32 Å². The van der Waals surface area contributed by atoms with E-state index < -0.39 is 18.1 Å². The second-order valence-corrected chi connectivity index (χ2v) is 5.91. The first-order chi connectivity index (χ1) is 10.9. The van der Waals surface area contributed by atoms with E-state index in [-0.39, 0.29) is 17.9 Å². The van der Waals surface area contributed by atoms with E-state index in [2.05, 4.69) is 22.1 Å². The number of likely N-dealkylation sites (tertiary alicyclic amines) is 1. The Morgan fingerprint density at radius 3 is 2.65 bits per heavy atom. The molecule has 0 radical (unpaired) electrons.